The van der Waals surface area contributed by atoms with Crippen LogP contribution in [-0.4, -0.2) is 84.6 Å². The molecule has 0 saturated heterocycles. The summed E-state index contributed by atoms with van der Waals surface area (Å²) in [5, 5.41) is 41.4. The van der Waals surface area contributed by atoms with Crippen molar-refractivity contribution in [2.24, 2.45) is 5.73 Å². The van der Waals surface area contributed by atoms with Crippen molar-refractivity contribution in [1.82, 2.24) is 0 Å². The van der Waals surface area contributed by atoms with Gasteiger partial charge in [0.05, 0.1) is 19.4 Å². The van der Waals surface area contributed by atoms with E-state index < -0.39 is 42.3 Å². The van der Waals surface area contributed by atoms with Gasteiger partial charge in [-0.15, -0.1) is 0 Å². The third-order valence-corrected chi connectivity index (χ3v) is 1.46. The van der Waals surface area contributed by atoms with Crippen LogP contribution in [-0.2, 0) is 19.2 Å². The zero-order chi connectivity index (χ0) is 14.9. The average molecular weight is 294 g/mol. The first kappa shape index (κ1) is 22.7. The summed E-state index contributed by atoms with van der Waals surface area (Å²) < 4.78 is 0. The molecule has 0 fully saturated rings. The predicted molar refractivity (Wildman–Crippen MR) is 61.8 cm³/mol. The maximum Gasteiger partial charge on any atom is 2.00 e. The Hall–Kier alpha value is -1.43. The topological polar surface area (TPSA) is 195 Å². The van der Waals surface area contributed by atoms with E-state index in [1.165, 1.54) is 0 Å². The van der Waals surface area contributed by atoms with Crippen LogP contribution in [0.1, 0.15) is 15.7 Å². The SMILES string of the molecule is NCC(=O)O.O=C(O)CC(O)(CC(=O)O)C(=O)O.[H-].[H-].[Mg+2]. The zero-order valence-corrected chi connectivity index (χ0v) is 11.2. The van der Waals surface area contributed by atoms with Gasteiger partial charge < -0.3 is 34.1 Å². The van der Waals surface area contributed by atoms with Crippen molar-refractivity contribution in [3.8, 4) is 0 Å². The fourth-order valence-corrected chi connectivity index (χ4v) is 0.714. The van der Waals surface area contributed by atoms with Crippen LogP contribution in [0.3, 0.4) is 0 Å². The van der Waals surface area contributed by atoms with Crippen LogP contribution in [0.25, 0.3) is 0 Å². The van der Waals surface area contributed by atoms with Gasteiger partial charge in [-0.25, -0.2) is 4.79 Å². The molecule has 0 aromatic rings. The van der Waals surface area contributed by atoms with E-state index >= 15 is 0 Å². The quantitative estimate of drug-likeness (QED) is 0.288. The van der Waals surface area contributed by atoms with Crippen molar-refractivity contribution in [3.63, 3.8) is 0 Å². The van der Waals surface area contributed by atoms with E-state index in [0.29, 0.717) is 0 Å². The first-order valence-electron chi connectivity index (χ1n) is 4.36. The molecule has 0 saturated carbocycles. The normalized spacial score (nSPS) is 9.37. The van der Waals surface area contributed by atoms with Crippen molar-refractivity contribution in [1.29, 1.82) is 0 Å². The summed E-state index contributed by atoms with van der Waals surface area (Å²) in [4.78, 5) is 39.7. The Balaban J connectivity index is -0.0000000933. The van der Waals surface area contributed by atoms with E-state index in [4.69, 9.17) is 25.5 Å². The number of aliphatic carboxylic acids is 4. The molecule has 19 heavy (non-hydrogen) atoms. The second-order valence-corrected chi connectivity index (χ2v) is 3.08. The summed E-state index contributed by atoms with van der Waals surface area (Å²) in [5.41, 5.74) is 1.83. The van der Waals surface area contributed by atoms with Crippen LogP contribution in [0.4, 0.5) is 0 Å². The Labute approximate surface area is 125 Å². The molecule has 10 nitrogen and oxygen atoms in total. The summed E-state index contributed by atoms with van der Waals surface area (Å²) in [6, 6.07) is 0. The molecule has 0 spiro atoms. The summed E-state index contributed by atoms with van der Waals surface area (Å²) in [6.45, 7) is -0.278. The summed E-state index contributed by atoms with van der Waals surface area (Å²) >= 11 is 0. The molecule has 0 aliphatic rings. The molecule has 0 bridgehead atoms. The van der Waals surface area contributed by atoms with Gasteiger partial charge in [0.2, 0.25) is 0 Å². The number of rotatable bonds is 6. The fraction of sp³-hybridized carbons (Fsp3) is 0.500. The third kappa shape index (κ3) is 12.8. The maximum absolute atomic E-state index is 10.3. The van der Waals surface area contributed by atoms with Gasteiger partial charge in [0.25, 0.3) is 0 Å². The van der Waals surface area contributed by atoms with Crippen LogP contribution in [0.2, 0.25) is 0 Å². The molecule has 11 heteroatoms. The van der Waals surface area contributed by atoms with Crippen LogP contribution in [0, 0.1) is 0 Å². The molecule has 0 rings (SSSR count). The molecule has 0 aliphatic heterocycles. The molecule has 0 radical (unpaired) electrons. The second kappa shape index (κ2) is 10.5. The first-order chi connectivity index (χ1) is 8.05. The van der Waals surface area contributed by atoms with E-state index in [0.717, 1.165) is 0 Å². The summed E-state index contributed by atoms with van der Waals surface area (Å²) in [6.07, 6.45) is -2.29. The number of carbonyl (C=O) groups is 4. The van der Waals surface area contributed by atoms with Crippen molar-refractivity contribution >= 4 is 46.9 Å². The van der Waals surface area contributed by atoms with Crippen LogP contribution >= 0.6 is 0 Å². The Morgan fingerprint density at radius 2 is 1.16 bits per heavy atom. The largest absolute Gasteiger partial charge is 2.00 e. The monoisotopic (exact) mass is 293 g/mol. The predicted octanol–water partition coefficient (Wildman–Crippen LogP) is -2.37. The van der Waals surface area contributed by atoms with E-state index in [1.54, 1.807) is 0 Å². The van der Waals surface area contributed by atoms with E-state index in [-0.39, 0.29) is 32.5 Å². The van der Waals surface area contributed by atoms with Crippen molar-refractivity contribution in [3.05, 3.63) is 0 Å². The minimum absolute atomic E-state index is 0. The Morgan fingerprint density at radius 3 is 1.26 bits per heavy atom. The molecule has 0 amide bonds. The van der Waals surface area contributed by atoms with Crippen LogP contribution in [0.15, 0.2) is 0 Å². The second-order valence-electron chi connectivity index (χ2n) is 3.08. The minimum atomic E-state index is -2.74. The number of nitrogens with two attached hydrogens (primary N) is 1. The van der Waals surface area contributed by atoms with Gasteiger partial charge in [0.1, 0.15) is 0 Å². The number of carboxylic acid groups (broad SMARTS) is 4. The smallest absolute Gasteiger partial charge is 1.00 e. The maximum atomic E-state index is 10.3. The molecule has 0 aliphatic carbocycles. The zero-order valence-electron chi connectivity index (χ0n) is 11.8. The number of hydrogen-bond donors (Lipinski definition) is 6. The Bertz CT molecular complexity index is 337. The van der Waals surface area contributed by atoms with Crippen LogP contribution < -0.4 is 5.73 Å². The van der Waals surface area contributed by atoms with Gasteiger partial charge in [0, 0.05) is 0 Å². The van der Waals surface area contributed by atoms with Crippen molar-refractivity contribution in [2.45, 2.75) is 18.4 Å². The van der Waals surface area contributed by atoms with E-state index in [2.05, 4.69) is 5.73 Å². The molecular weight excluding hydrogens is 278 g/mol. The van der Waals surface area contributed by atoms with Gasteiger partial charge in [-0.05, 0) is 0 Å². The fourth-order valence-electron chi connectivity index (χ4n) is 0.714. The van der Waals surface area contributed by atoms with Crippen molar-refractivity contribution in [2.75, 3.05) is 6.54 Å². The first-order valence-corrected chi connectivity index (χ1v) is 4.36. The molecular formula is C8H15MgNO9. The van der Waals surface area contributed by atoms with Crippen molar-refractivity contribution < 1.29 is 47.6 Å². The number of hydrogen-bond acceptors (Lipinski definition) is 6. The summed E-state index contributed by atoms with van der Waals surface area (Å²) in [5.74, 6) is -5.99. The standard InChI is InChI=1S/C6H8O7.C2H5NO2.Mg.2H/c7-3(8)1-6(13,5(11)12)2-4(9)10;3-1-2(4)5;;;/h13H,1-2H2,(H,7,8)(H,9,10)(H,11,12);1,3H2,(H,4,5);;;/q;;+2;2*-1. The van der Waals surface area contributed by atoms with Gasteiger partial charge >= 0.3 is 46.9 Å². The molecule has 0 heterocycles. The summed E-state index contributed by atoms with van der Waals surface area (Å²) in [7, 11) is 0. The van der Waals surface area contributed by atoms with E-state index in [9.17, 15) is 19.2 Å². The molecule has 0 atom stereocenters. The van der Waals surface area contributed by atoms with Gasteiger partial charge in [-0.3, -0.25) is 14.4 Å². The molecule has 7 N–H and O–H groups in total. The van der Waals surface area contributed by atoms with Gasteiger partial charge in [-0.2, -0.15) is 0 Å². The molecule has 0 aromatic heterocycles. The molecule has 0 unspecified atom stereocenters. The number of aliphatic hydroxyl groups is 1. The molecule has 108 valence electrons. The average Bonchev–Trinajstić information content (AvgIpc) is 2.15. The minimum Gasteiger partial charge on any atom is -1.00 e. The molecule has 0 aromatic carbocycles. The van der Waals surface area contributed by atoms with Gasteiger partial charge in [-0.1, -0.05) is 0 Å². The van der Waals surface area contributed by atoms with Crippen LogP contribution in [0.5, 0.6) is 0 Å². The Kier molecular flexibility index (Phi) is 12.5. The third-order valence-electron chi connectivity index (χ3n) is 1.46. The van der Waals surface area contributed by atoms with Gasteiger partial charge in [0.15, 0.2) is 5.60 Å². The van der Waals surface area contributed by atoms with E-state index in [1.807, 2.05) is 0 Å². The Morgan fingerprint density at radius 1 is 0.895 bits per heavy atom. The number of carboxylic acids is 4.